The Morgan fingerprint density at radius 2 is 2.05 bits per heavy atom. The van der Waals surface area contributed by atoms with E-state index in [2.05, 4.69) is 0 Å². The second kappa shape index (κ2) is 7.11. The Morgan fingerprint density at radius 1 is 1.27 bits per heavy atom. The molecule has 0 saturated heterocycles. The topological polar surface area (TPSA) is 65.7 Å². The highest BCUT2D eigenvalue weighted by atomic mass is 16.6. The van der Waals surface area contributed by atoms with E-state index in [4.69, 9.17) is 13.9 Å². The molecule has 0 unspecified atom stereocenters. The maximum Gasteiger partial charge on any atom is 0.344 e. The molecule has 1 aromatic heterocycles. The van der Waals surface area contributed by atoms with Gasteiger partial charge in [0.2, 0.25) is 0 Å². The van der Waals surface area contributed by atoms with E-state index in [0.717, 1.165) is 23.8 Å². The van der Waals surface area contributed by atoms with Crippen LogP contribution in [0.4, 0.5) is 0 Å². The monoisotopic (exact) mass is 304 g/mol. The third kappa shape index (κ3) is 3.47. The molecule has 0 aliphatic rings. The number of rotatable bonds is 6. The summed E-state index contributed by atoms with van der Waals surface area (Å²) in [6.07, 6.45) is 1.51. The number of hydrogen-bond donors (Lipinski definition) is 0. The van der Waals surface area contributed by atoms with Crippen LogP contribution in [0.1, 0.15) is 31.4 Å². The maximum atomic E-state index is 11.6. The largest absolute Gasteiger partial charge is 0.481 e. The number of esters is 1. The van der Waals surface area contributed by atoms with Gasteiger partial charge in [0.15, 0.2) is 6.61 Å². The van der Waals surface area contributed by atoms with Gasteiger partial charge in [-0.1, -0.05) is 13.8 Å². The Bertz CT molecular complexity index is 730. The van der Waals surface area contributed by atoms with Gasteiger partial charge in [-0.15, -0.1) is 0 Å². The average molecular weight is 304 g/mol. The highest BCUT2D eigenvalue weighted by molar-refractivity contribution is 5.85. The van der Waals surface area contributed by atoms with Crippen molar-refractivity contribution in [3.8, 4) is 5.75 Å². The number of fused-ring (bicyclic) bond motifs is 1. The van der Waals surface area contributed by atoms with Gasteiger partial charge in [-0.3, -0.25) is 0 Å². The van der Waals surface area contributed by atoms with Gasteiger partial charge in [0.05, 0.1) is 6.61 Å². The number of hydrogen-bond acceptors (Lipinski definition) is 5. The molecule has 5 nitrogen and oxygen atoms in total. The van der Waals surface area contributed by atoms with Crippen LogP contribution in [0.3, 0.4) is 0 Å². The first-order valence-corrected chi connectivity index (χ1v) is 7.41. The molecule has 0 amide bonds. The van der Waals surface area contributed by atoms with Gasteiger partial charge in [-0.05, 0) is 37.5 Å². The molecule has 0 aliphatic heterocycles. The van der Waals surface area contributed by atoms with Crippen molar-refractivity contribution in [2.45, 2.75) is 33.6 Å². The molecular weight excluding hydrogens is 284 g/mol. The number of carbonyl (C=O) groups is 1. The Balaban J connectivity index is 2.27. The van der Waals surface area contributed by atoms with Crippen LogP contribution >= 0.6 is 0 Å². The van der Waals surface area contributed by atoms with E-state index >= 15 is 0 Å². The number of benzene rings is 1. The Morgan fingerprint density at radius 3 is 2.73 bits per heavy atom. The summed E-state index contributed by atoms with van der Waals surface area (Å²) in [5.41, 5.74) is 1.76. The van der Waals surface area contributed by atoms with Crippen LogP contribution in [0.5, 0.6) is 5.75 Å². The standard InChI is InChI=1S/C17H20O5/c1-4-8-20-16(19)10-21-14-7-6-13-12(5-2)9-15(18)22-17(13)11(14)3/h6-7,9H,4-5,8,10H2,1-3H3. The van der Waals surface area contributed by atoms with Gasteiger partial charge in [0, 0.05) is 17.0 Å². The second-order valence-corrected chi connectivity index (χ2v) is 5.02. The molecule has 1 aromatic carbocycles. The van der Waals surface area contributed by atoms with E-state index < -0.39 is 5.97 Å². The Kier molecular flexibility index (Phi) is 5.20. The molecule has 0 atom stereocenters. The minimum Gasteiger partial charge on any atom is -0.481 e. The lowest BCUT2D eigenvalue weighted by Crippen LogP contribution is -2.15. The summed E-state index contributed by atoms with van der Waals surface area (Å²) >= 11 is 0. The fraction of sp³-hybridized carbons (Fsp3) is 0.412. The zero-order valence-electron chi connectivity index (χ0n) is 13.1. The molecular formula is C17H20O5. The van der Waals surface area contributed by atoms with Crippen LogP contribution in [0.2, 0.25) is 0 Å². The van der Waals surface area contributed by atoms with Crippen molar-refractivity contribution < 1.29 is 18.7 Å². The lowest BCUT2D eigenvalue weighted by atomic mass is 10.0. The quantitative estimate of drug-likeness (QED) is 0.606. The lowest BCUT2D eigenvalue weighted by molar-refractivity contribution is -0.146. The molecule has 1 heterocycles. The first-order chi connectivity index (χ1) is 10.6. The summed E-state index contributed by atoms with van der Waals surface area (Å²) in [5, 5.41) is 0.889. The molecule has 0 spiro atoms. The molecule has 0 aliphatic carbocycles. The van der Waals surface area contributed by atoms with Gasteiger partial charge in [0.25, 0.3) is 0 Å². The molecule has 0 N–H and O–H groups in total. The van der Waals surface area contributed by atoms with Crippen molar-refractivity contribution in [1.82, 2.24) is 0 Å². The minimum absolute atomic E-state index is 0.163. The third-order valence-electron chi connectivity index (χ3n) is 3.39. The van der Waals surface area contributed by atoms with Crippen LogP contribution in [0.25, 0.3) is 11.0 Å². The van der Waals surface area contributed by atoms with Gasteiger partial charge in [0.1, 0.15) is 11.3 Å². The van der Waals surface area contributed by atoms with E-state index in [1.54, 1.807) is 13.0 Å². The van der Waals surface area contributed by atoms with E-state index in [0.29, 0.717) is 23.5 Å². The van der Waals surface area contributed by atoms with E-state index in [9.17, 15) is 9.59 Å². The summed E-state index contributed by atoms with van der Waals surface area (Å²) in [4.78, 5) is 23.1. The zero-order chi connectivity index (χ0) is 16.1. The van der Waals surface area contributed by atoms with Gasteiger partial charge in [-0.2, -0.15) is 0 Å². The molecule has 0 fully saturated rings. The van der Waals surface area contributed by atoms with Gasteiger partial charge < -0.3 is 13.9 Å². The summed E-state index contributed by atoms with van der Waals surface area (Å²) in [5.74, 6) is 0.0995. The first kappa shape index (κ1) is 16.1. The van der Waals surface area contributed by atoms with Crippen molar-refractivity contribution in [1.29, 1.82) is 0 Å². The second-order valence-electron chi connectivity index (χ2n) is 5.02. The fourth-order valence-electron chi connectivity index (χ4n) is 2.25. The van der Waals surface area contributed by atoms with Crippen molar-refractivity contribution in [3.05, 3.63) is 39.7 Å². The predicted octanol–water partition coefficient (Wildman–Crippen LogP) is 3.00. The predicted molar refractivity (Wildman–Crippen MR) is 83.3 cm³/mol. The van der Waals surface area contributed by atoms with Crippen LogP contribution in [0, 0.1) is 6.92 Å². The first-order valence-electron chi connectivity index (χ1n) is 7.41. The average Bonchev–Trinajstić information content (AvgIpc) is 2.52. The SMILES string of the molecule is CCCOC(=O)COc1ccc2c(CC)cc(=O)oc2c1C. The van der Waals surface area contributed by atoms with Gasteiger partial charge in [-0.25, -0.2) is 9.59 Å². The Hall–Kier alpha value is -2.30. The number of carbonyl (C=O) groups excluding carboxylic acids is 1. The lowest BCUT2D eigenvalue weighted by Gasteiger charge is -2.11. The molecule has 0 bridgehead atoms. The van der Waals surface area contributed by atoms with Crippen molar-refractivity contribution in [2.75, 3.05) is 13.2 Å². The van der Waals surface area contributed by atoms with E-state index in [-0.39, 0.29) is 12.2 Å². The zero-order valence-corrected chi connectivity index (χ0v) is 13.1. The smallest absolute Gasteiger partial charge is 0.344 e. The normalized spacial score (nSPS) is 10.7. The van der Waals surface area contributed by atoms with Crippen LogP contribution in [-0.4, -0.2) is 19.2 Å². The maximum absolute atomic E-state index is 11.6. The third-order valence-corrected chi connectivity index (χ3v) is 3.39. The summed E-state index contributed by atoms with van der Waals surface area (Å²) < 4.78 is 15.7. The van der Waals surface area contributed by atoms with E-state index in [1.807, 2.05) is 19.9 Å². The molecule has 0 radical (unpaired) electrons. The molecule has 5 heteroatoms. The van der Waals surface area contributed by atoms with Crippen molar-refractivity contribution >= 4 is 16.9 Å². The highest BCUT2D eigenvalue weighted by Gasteiger charge is 2.12. The molecule has 22 heavy (non-hydrogen) atoms. The van der Waals surface area contributed by atoms with Crippen molar-refractivity contribution in [3.63, 3.8) is 0 Å². The van der Waals surface area contributed by atoms with Gasteiger partial charge >= 0.3 is 11.6 Å². The Labute approximate surface area is 128 Å². The van der Waals surface area contributed by atoms with E-state index in [1.165, 1.54) is 6.07 Å². The highest BCUT2D eigenvalue weighted by Crippen LogP contribution is 2.28. The summed E-state index contributed by atoms with van der Waals surface area (Å²) in [6, 6.07) is 5.13. The molecule has 2 aromatic rings. The fourth-order valence-corrected chi connectivity index (χ4v) is 2.25. The van der Waals surface area contributed by atoms with Crippen LogP contribution < -0.4 is 10.4 Å². The summed E-state index contributed by atoms with van der Waals surface area (Å²) in [7, 11) is 0. The molecule has 118 valence electrons. The number of aryl methyl sites for hydroxylation is 2. The minimum atomic E-state index is -0.412. The molecule has 0 saturated carbocycles. The van der Waals surface area contributed by atoms with Crippen LogP contribution in [-0.2, 0) is 16.0 Å². The molecule has 2 rings (SSSR count). The van der Waals surface area contributed by atoms with Crippen LogP contribution in [0.15, 0.2) is 27.4 Å². The number of ether oxygens (including phenoxy) is 2. The summed E-state index contributed by atoms with van der Waals surface area (Å²) in [6.45, 7) is 5.93. The van der Waals surface area contributed by atoms with Crippen molar-refractivity contribution in [2.24, 2.45) is 0 Å².